The van der Waals surface area contributed by atoms with E-state index in [4.69, 9.17) is 9.47 Å². The topological polar surface area (TPSA) is 99.4 Å². The van der Waals surface area contributed by atoms with E-state index in [-0.39, 0.29) is 23.4 Å². The predicted octanol–water partition coefficient (Wildman–Crippen LogP) is 1.73. The Morgan fingerprint density at radius 2 is 1.08 bits per heavy atom. The minimum absolute atomic E-state index is 0.0614. The Hall–Kier alpha value is -1.60. The summed E-state index contributed by atoms with van der Waals surface area (Å²) in [6, 6.07) is 0. The summed E-state index contributed by atoms with van der Waals surface area (Å²) in [5, 5.41) is 40.6. The fraction of sp³-hybridized carbons (Fsp3) is 0.579. The van der Waals surface area contributed by atoms with Gasteiger partial charge in [-0.25, -0.2) is 0 Å². The zero-order valence-corrected chi connectivity index (χ0v) is 15.6. The molecule has 0 aromatic carbocycles. The van der Waals surface area contributed by atoms with Crippen LogP contribution in [0.25, 0.3) is 0 Å². The molecule has 0 radical (unpaired) electrons. The van der Waals surface area contributed by atoms with Crippen LogP contribution in [-0.4, -0.2) is 46.2 Å². The molecule has 0 aromatic rings. The largest absolute Gasteiger partial charge is 0.495 e. The third-order valence-corrected chi connectivity index (χ3v) is 5.27. The quantitative estimate of drug-likeness (QED) is 0.454. The minimum atomic E-state index is -2.11. The van der Waals surface area contributed by atoms with Gasteiger partial charge in [-0.2, -0.15) is 0 Å². The normalized spacial score (nSPS) is 28.6. The Morgan fingerprint density at radius 3 is 1.36 bits per heavy atom. The van der Waals surface area contributed by atoms with E-state index in [1.165, 1.54) is 26.4 Å². The number of hydrogen-bond donors (Lipinski definition) is 4. The Balaban J connectivity index is 2.42. The van der Waals surface area contributed by atoms with Gasteiger partial charge in [-0.3, -0.25) is 0 Å². The maximum Gasteiger partial charge on any atom is 0.243 e. The Bertz CT molecular complexity index is 620. The molecule has 4 N–H and O–H groups in total. The van der Waals surface area contributed by atoms with Gasteiger partial charge in [-0.05, 0) is 57.4 Å². The van der Waals surface area contributed by atoms with Gasteiger partial charge in [0, 0.05) is 11.8 Å². The molecule has 0 bridgehead atoms. The smallest absolute Gasteiger partial charge is 0.243 e. The van der Waals surface area contributed by atoms with Crippen LogP contribution in [0.1, 0.15) is 34.1 Å². The van der Waals surface area contributed by atoms with Crippen LogP contribution >= 0.6 is 0 Å². The van der Waals surface area contributed by atoms with Crippen LogP contribution in [0.4, 0.5) is 0 Å². The first kappa shape index (κ1) is 19.7. The first-order chi connectivity index (χ1) is 11.5. The molecule has 0 amide bonds. The van der Waals surface area contributed by atoms with Crippen LogP contribution in [0.5, 0.6) is 0 Å². The molecule has 0 spiro atoms. The molecule has 2 aliphatic rings. The van der Waals surface area contributed by atoms with Crippen molar-refractivity contribution in [3.05, 3.63) is 46.0 Å². The SMILES string of the molecule is COC1=C(C)C(CC2C(C)=CC(O)(O)C(OC)=C2C)C(C)=CC1(O)O. The van der Waals surface area contributed by atoms with Crippen molar-refractivity contribution >= 4 is 0 Å². The van der Waals surface area contributed by atoms with Gasteiger partial charge < -0.3 is 29.9 Å². The summed E-state index contributed by atoms with van der Waals surface area (Å²) in [5.74, 6) is -4.07. The van der Waals surface area contributed by atoms with Crippen molar-refractivity contribution in [1.29, 1.82) is 0 Å². The molecule has 0 fully saturated rings. The van der Waals surface area contributed by atoms with Crippen molar-refractivity contribution in [1.82, 2.24) is 0 Å². The first-order valence-electron chi connectivity index (χ1n) is 8.25. The van der Waals surface area contributed by atoms with E-state index >= 15 is 0 Å². The van der Waals surface area contributed by atoms with Gasteiger partial charge in [0.15, 0.2) is 11.5 Å². The van der Waals surface area contributed by atoms with Gasteiger partial charge >= 0.3 is 0 Å². The lowest BCUT2D eigenvalue weighted by Gasteiger charge is -2.37. The van der Waals surface area contributed by atoms with Gasteiger partial charge in [0.2, 0.25) is 11.6 Å². The highest BCUT2D eigenvalue weighted by Crippen LogP contribution is 2.44. The van der Waals surface area contributed by atoms with Crippen LogP contribution in [0.2, 0.25) is 0 Å². The van der Waals surface area contributed by atoms with Crippen molar-refractivity contribution in [3.63, 3.8) is 0 Å². The van der Waals surface area contributed by atoms with E-state index in [1.54, 1.807) is 0 Å². The highest BCUT2D eigenvalue weighted by molar-refractivity contribution is 5.39. The summed E-state index contributed by atoms with van der Waals surface area (Å²) >= 11 is 0. The van der Waals surface area contributed by atoms with Crippen molar-refractivity contribution in [2.24, 2.45) is 11.8 Å². The maximum atomic E-state index is 10.1. The fourth-order valence-corrected chi connectivity index (χ4v) is 4.13. The predicted molar refractivity (Wildman–Crippen MR) is 92.9 cm³/mol. The van der Waals surface area contributed by atoms with Crippen LogP contribution in [0, 0.1) is 11.8 Å². The number of rotatable bonds is 4. The Morgan fingerprint density at radius 1 is 0.760 bits per heavy atom. The third-order valence-electron chi connectivity index (χ3n) is 5.27. The van der Waals surface area contributed by atoms with Gasteiger partial charge in [0.1, 0.15) is 0 Å². The Kier molecular flexibility index (Phi) is 5.21. The van der Waals surface area contributed by atoms with Crippen LogP contribution < -0.4 is 0 Å². The van der Waals surface area contributed by atoms with Crippen LogP contribution in [0.3, 0.4) is 0 Å². The molecule has 6 heteroatoms. The highest BCUT2D eigenvalue weighted by atomic mass is 16.6. The molecular formula is C19H28O6. The summed E-state index contributed by atoms with van der Waals surface area (Å²) in [5.41, 5.74) is 3.15. The van der Waals surface area contributed by atoms with Gasteiger partial charge in [0.05, 0.1) is 14.2 Å². The van der Waals surface area contributed by atoms with Crippen molar-refractivity contribution < 1.29 is 29.9 Å². The maximum absolute atomic E-state index is 10.1. The summed E-state index contributed by atoms with van der Waals surface area (Å²) in [7, 11) is 2.83. The van der Waals surface area contributed by atoms with Crippen molar-refractivity contribution in [3.8, 4) is 0 Å². The number of hydrogen-bond acceptors (Lipinski definition) is 6. The fourth-order valence-electron chi connectivity index (χ4n) is 4.13. The van der Waals surface area contributed by atoms with E-state index in [0.29, 0.717) is 6.42 Å². The Labute approximate surface area is 148 Å². The average Bonchev–Trinajstić information content (AvgIpc) is 2.44. The highest BCUT2D eigenvalue weighted by Gasteiger charge is 2.41. The zero-order valence-electron chi connectivity index (χ0n) is 15.6. The summed E-state index contributed by atoms with van der Waals surface area (Å²) in [6.45, 7) is 7.34. The van der Waals surface area contributed by atoms with Crippen molar-refractivity contribution in [2.45, 2.75) is 45.7 Å². The molecule has 6 nitrogen and oxygen atoms in total. The molecule has 0 heterocycles. The lowest BCUT2D eigenvalue weighted by atomic mass is 9.73. The summed E-state index contributed by atoms with van der Waals surface area (Å²) in [4.78, 5) is 0. The van der Waals surface area contributed by atoms with E-state index in [2.05, 4.69) is 0 Å². The van der Waals surface area contributed by atoms with Gasteiger partial charge in [-0.15, -0.1) is 0 Å². The second-order valence-corrected chi connectivity index (χ2v) is 7.00. The molecule has 0 saturated heterocycles. The lowest BCUT2D eigenvalue weighted by molar-refractivity contribution is -0.121. The monoisotopic (exact) mass is 352 g/mol. The second-order valence-electron chi connectivity index (χ2n) is 7.00. The summed E-state index contributed by atoms with van der Waals surface area (Å²) in [6.07, 6.45) is 3.42. The van der Waals surface area contributed by atoms with E-state index in [9.17, 15) is 20.4 Å². The standard InChI is InChI=1S/C19H28O6/c1-10-8-18(20,21)16(24-5)12(3)14(10)7-15-11(2)9-19(22,23)17(25-6)13(15)4/h8-9,14-15,20-23H,7H2,1-6H3. The third kappa shape index (κ3) is 3.40. The summed E-state index contributed by atoms with van der Waals surface area (Å²) < 4.78 is 10.4. The van der Waals surface area contributed by atoms with Gasteiger partial charge in [0.25, 0.3) is 0 Å². The molecular weight excluding hydrogens is 324 g/mol. The average molecular weight is 352 g/mol. The molecule has 2 aliphatic carbocycles. The number of allylic oxidation sites excluding steroid dienone is 4. The molecule has 2 rings (SSSR count). The van der Waals surface area contributed by atoms with E-state index in [0.717, 1.165) is 22.3 Å². The molecule has 0 aromatic heterocycles. The molecule has 2 unspecified atom stereocenters. The number of ether oxygens (including phenoxy) is 2. The number of aliphatic hydroxyl groups is 4. The molecule has 0 aliphatic heterocycles. The minimum Gasteiger partial charge on any atom is -0.495 e. The van der Waals surface area contributed by atoms with E-state index < -0.39 is 11.6 Å². The molecule has 25 heavy (non-hydrogen) atoms. The zero-order chi connectivity index (χ0) is 19.2. The number of methoxy groups -OCH3 is 2. The first-order valence-corrected chi connectivity index (χ1v) is 8.25. The van der Waals surface area contributed by atoms with Crippen LogP contribution in [-0.2, 0) is 9.47 Å². The van der Waals surface area contributed by atoms with Gasteiger partial charge in [-0.1, -0.05) is 11.1 Å². The molecule has 0 saturated carbocycles. The van der Waals surface area contributed by atoms with Crippen molar-refractivity contribution in [2.75, 3.05) is 14.2 Å². The molecule has 140 valence electrons. The lowest BCUT2D eigenvalue weighted by Crippen LogP contribution is -2.37. The molecule has 2 atom stereocenters. The van der Waals surface area contributed by atoms with E-state index in [1.807, 2.05) is 27.7 Å². The van der Waals surface area contributed by atoms with Crippen LogP contribution in [0.15, 0.2) is 46.0 Å². The second kappa shape index (κ2) is 6.61.